The van der Waals surface area contributed by atoms with E-state index in [0.717, 1.165) is 12.1 Å². The third kappa shape index (κ3) is 6.95. The first kappa shape index (κ1) is 18.0. The molecule has 7 heteroatoms. The number of aromatic nitrogens is 2. The predicted molar refractivity (Wildman–Crippen MR) is 75.3 cm³/mol. The lowest BCUT2D eigenvalue weighted by atomic mass is 10.1. The highest BCUT2D eigenvalue weighted by Gasteiger charge is 2.27. The summed E-state index contributed by atoms with van der Waals surface area (Å²) in [5, 5.41) is 7.58. The second-order valence-electron chi connectivity index (χ2n) is 5.19. The van der Waals surface area contributed by atoms with Gasteiger partial charge in [0.05, 0.1) is 5.69 Å². The van der Waals surface area contributed by atoms with E-state index >= 15 is 0 Å². The molecule has 2 atom stereocenters. The summed E-state index contributed by atoms with van der Waals surface area (Å²) >= 11 is 0. The van der Waals surface area contributed by atoms with E-state index in [1.165, 1.54) is 0 Å². The van der Waals surface area contributed by atoms with E-state index in [-0.39, 0.29) is 12.6 Å². The zero-order valence-corrected chi connectivity index (χ0v) is 12.8. The minimum atomic E-state index is -4.26. The van der Waals surface area contributed by atoms with E-state index in [2.05, 4.69) is 29.0 Å². The van der Waals surface area contributed by atoms with Crippen LogP contribution in [0.2, 0.25) is 0 Å². The molecule has 0 saturated heterocycles. The van der Waals surface area contributed by atoms with Gasteiger partial charge in [-0.15, -0.1) is 0 Å². The molecule has 0 spiro atoms. The van der Waals surface area contributed by atoms with Gasteiger partial charge in [0.15, 0.2) is 0 Å². The number of nitrogens with zero attached hydrogens (tertiary/aromatic N) is 2. The lowest BCUT2D eigenvalue weighted by Crippen LogP contribution is -2.30. The smallest absolute Gasteiger partial charge is 0.372 e. The van der Waals surface area contributed by atoms with Gasteiger partial charge in [0.1, 0.15) is 6.61 Å². The fraction of sp³-hybridized carbons (Fsp3) is 0.786. The van der Waals surface area contributed by atoms with Crippen LogP contribution in [0.25, 0.3) is 0 Å². The van der Waals surface area contributed by atoms with Crippen molar-refractivity contribution in [3.63, 3.8) is 0 Å². The highest BCUT2D eigenvalue weighted by molar-refractivity contribution is 5.02. The van der Waals surface area contributed by atoms with Crippen LogP contribution in [0.5, 0.6) is 0 Å². The Morgan fingerprint density at radius 3 is 2.71 bits per heavy atom. The summed E-state index contributed by atoms with van der Waals surface area (Å²) in [5.41, 5.74) is 0.936. The van der Waals surface area contributed by atoms with Crippen molar-refractivity contribution in [2.24, 2.45) is 0 Å². The number of nitrogens with one attached hydrogen (secondary N) is 1. The molecule has 1 heterocycles. The number of alkyl halides is 3. The van der Waals surface area contributed by atoms with E-state index in [9.17, 15) is 13.2 Å². The van der Waals surface area contributed by atoms with Crippen LogP contribution in [0.1, 0.15) is 38.4 Å². The number of hydrogen-bond donors (Lipinski definition) is 1. The summed E-state index contributed by atoms with van der Waals surface area (Å²) in [7, 11) is 1.79. The number of hydrogen-bond acceptors (Lipinski definition) is 3. The van der Waals surface area contributed by atoms with Crippen LogP contribution in [0.15, 0.2) is 12.3 Å². The molecule has 1 aromatic rings. The zero-order valence-electron chi connectivity index (χ0n) is 12.8. The average molecular weight is 307 g/mol. The fourth-order valence-corrected chi connectivity index (χ4v) is 1.93. The first-order chi connectivity index (χ1) is 9.85. The summed E-state index contributed by atoms with van der Waals surface area (Å²) in [4.78, 5) is 0. The Balaban J connectivity index is 2.38. The molecule has 0 fully saturated rings. The Morgan fingerprint density at radius 1 is 1.43 bits per heavy atom. The molecule has 122 valence electrons. The van der Waals surface area contributed by atoms with Gasteiger partial charge in [0.25, 0.3) is 0 Å². The quantitative estimate of drug-likeness (QED) is 0.713. The normalized spacial score (nSPS) is 15.1. The van der Waals surface area contributed by atoms with Crippen molar-refractivity contribution in [1.82, 2.24) is 15.1 Å². The first-order valence-corrected chi connectivity index (χ1v) is 7.21. The highest BCUT2D eigenvalue weighted by atomic mass is 19.4. The molecule has 0 amide bonds. The number of rotatable bonds is 9. The van der Waals surface area contributed by atoms with Crippen molar-refractivity contribution in [2.45, 2.75) is 51.4 Å². The maximum absolute atomic E-state index is 12.0. The van der Waals surface area contributed by atoms with Gasteiger partial charge in [-0.1, -0.05) is 6.92 Å². The first-order valence-electron chi connectivity index (χ1n) is 7.21. The van der Waals surface area contributed by atoms with E-state index in [0.29, 0.717) is 18.9 Å². The molecule has 0 radical (unpaired) electrons. The van der Waals surface area contributed by atoms with Crippen molar-refractivity contribution in [1.29, 1.82) is 0 Å². The lowest BCUT2D eigenvalue weighted by Gasteiger charge is -2.15. The molecular weight excluding hydrogens is 283 g/mol. The Morgan fingerprint density at radius 2 is 2.14 bits per heavy atom. The standard InChI is InChI=1S/C14H24F3N3O/c1-4-11(2)20-7-5-13(19-20)9-12(18-3)6-8-21-10-14(15,16)17/h5,7,11-12,18H,4,6,8-10H2,1-3H3. The molecule has 1 rings (SSSR count). The minimum Gasteiger partial charge on any atom is -0.372 e. The molecule has 0 aliphatic rings. The molecule has 0 aliphatic heterocycles. The summed E-state index contributed by atoms with van der Waals surface area (Å²) in [6.45, 7) is 3.08. The molecule has 0 bridgehead atoms. The molecule has 2 unspecified atom stereocenters. The van der Waals surface area contributed by atoms with Crippen LogP contribution < -0.4 is 5.32 Å². The Kier molecular flexibility index (Phi) is 7.17. The van der Waals surface area contributed by atoms with Gasteiger partial charge in [-0.05, 0) is 32.9 Å². The largest absolute Gasteiger partial charge is 0.411 e. The Labute approximate surface area is 123 Å². The van der Waals surface area contributed by atoms with Crippen LogP contribution in [-0.4, -0.2) is 42.3 Å². The van der Waals surface area contributed by atoms with Crippen molar-refractivity contribution in [3.05, 3.63) is 18.0 Å². The van der Waals surface area contributed by atoms with Crippen molar-refractivity contribution < 1.29 is 17.9 Å². The fourth-order valence-electron chi connectivity index (χ4n) is 1.93. The molecular formula is C14H24F3N3O. The lowest BCUT2D eigenvalue weighted by molar-refractivity contribution is -0.174. The molecule has 1 N–H and O–H groups in total. The van der Waals surface area contributed by atoms with E-state index in [1.807, 2.05) is 16.9 Å². The van der Waals surface area contributed by atoms with E-state index < -0.39 is 12.8 Å². The van der Waals surface area contributed by atoms with Gasteiger partial charge in [-0.3, -0.25) is 4.68 Å². The van der Waals surface area contributed by atoms with Gasteiger partial charge < -0.3 is 10.1 Å². The van der Waals surface area contributed by atoms with Crippen molar-refractivity contribution in [3.8, 4) is 0 Å². The molecule has 1 aromatic heterocycles. The molecule has 0 aromatic carbocycles. The van der Waals surface area contributed by atoms with Crippen LogP contribution in [0.4, 0.5) is 13.2 Å². The average Bonchev–Trinajstić information content (AvgIpc) is 2.88. The summed E-state index contributed by atoms with van der Waals surface area (Å²) in [5.74, 6) is 0. The summed E-state index contributed by atoms with van der Waals surface area (Å²) in [6.07, 6.45) is -0.124. The molecule has 21 heavy (non-hydrogen) atoms. The van der Waals surface area contributed by atoms with Gasteiger partial charge in [-0.25, -0.2) is 0 Å². The number of ether oxygens (including phenoxy) is 1. The van der Waals surface area contributed by atoms with Crippen molar-refractivity contribution >= 4 is 0 Å². The Hall–Kier alpha value is -1.08. The molecule has 0 saturated carbocycles. The van der Waals surface area contributed by atoms with Crippen LogP contribution in [-0.2, 0) is 11.2 Å². The molecule has 0 aliphatic carbocycles. The van der Waals surface area contributed by atoms with E-state index in [4.69, 9.17) is 0 Å². The van der Waals surface area contributed by atoms with Gasteiger partial charge in [0.2, 0.25) is 0 Å². The van der Waals surface area contributed by atoms with Gasteiger partial charge >= 0.3 is 6.18 Å². The second kappa shape index (κ2) is 8.38. The molecule has 4 nitrogen and oxygen atoms in total. The summed E-state index contributed by atoms with van der Waals surface area (Å²) < 4.78 is 42.5. The van der Waals surface area contributed by atoms with Crippen molar-refractivity contribution in [2.75, 3.05) is 20.3 Å². The maximum Gasteiger partial charge on any atom is 0.411 e. The third-order valence-electron chi connectivity index (χ3n) is 3.45. The predicted octanol–water partition coefficient (Wildman–Crippen LogP) is 2.95. The maximum atomic E-state index is 12.0. The van der Waals surface area contributed by atoms with Crippen LogP contribution in [0.3, 0.4) is 0 Å². The topological polar surface area (TPSA) is 39.1 Å². The van der Waals surface area contributed by atoms with E-state index in [1.54, 1.807) is 7.05 Å². The SMILES string of the molecule is CCC(C)n1ccc(CC(CCOCC(F)(F)F)NC)n1. The zero-order chi connectivity index (χ0) is 15.9. The monoisotopic (exact) mass is 307 g/mol. The number of likely N-dealkylation sites (N-methyl/N-ethyl adjacent to an activating group) is 1. The van der Waals surface area contributed by atoms with Gasteiger partial charge in [0, 0.05) is 31.3 Å². The van der Waals surface area contributed by atoms with Gasteiger partial charge in [-0.2, -0.15) is 18.3 Å². The third-order valence-corrected chi connectivity index (χ3v) is 3.45. The summed E-state index contributed by atoms with van der Waals surface area (Å²) in [6, 6.07) is 2.35. The minimum absolute atomic E-state index is 0.0542. The second-order valence-corrected chi connectivity index (χ2v) is 5.19. The highest BCUT2D eigenvalue weighted by Crippen LogP contribution is 2.15. The Bertz CT molecular complexity index is 406. The van der Waals surface area contributed by atoms with Crippen LogP contribution in [0, 0.1) is 0 Å². The van der Waals surface area contributed by atoms with Crippen LogP contribution >= 0.6 is 0 Å². The number of halogens is 3.